The molecule has 0 aliphatic heterocycles. The first kappa shape index (κ1) is 23.5. The zero-order valence-electron chi connectivity index (χ0n) is 16.8. The van der Waals surface area contributed by atoms with E-state index in [4.69, 9.17) is 12.2 Å². The Bertz CT molecular complexity index is 1280. The van der Waals surface area contributed by atoms with Crippen molar-refractivity contribution in [2.24, 2.45) is 0 Å². The van der Waals surface area contributed by atoms with Gasteiger partial charge in [0.25, 0.3) is 10.0 Å². The van der Waals surface area contributed by atoms with E-state index in [1.165, 1.54) is 36.7 Å². The van der Waals surface area contributed by atoms with E-state index in [1.54, 1.807) is 37.3 Å². The number of benzene rings is 2. The molecular formula is C19H20N6O4S3. The minimum atomic E-state index is -3.83. The Balaban J connectivity index is 1.61. The molecule has 3 rings (SSSR count). The van der Waals surface area contributed by atoms with E-state index in [9.17, 15) is 16.8 Å². The fraction of sp³-hybridized carbons (Fsp3) is 0.105. The summed E-state index contributed by atoms with van der Waals surface area (Å²) in [5.74, 6) is -0.0237. The highest BCUT2D eigenvalue weighted by Crippen LogP contribution is 2.18. The van der Waals surface area contributed by atoms with Crippen molar-refractivity contribution in [1.29, 1.82) is 0 Å². The number of hydrogen-bond acceptors (Lipinski definition) is 7. The summed E-state index contributed by atoms with van der Waals surface area (Å²) in [6.07, 6.45) is 2.86. The Labute approximate surface area is 191 Å². The van der Waals surface area contributed by atoms with Gasteiger partial charge in [0.05, 0.1) is 9.79 Å². The molecule has 0 aliphatic carbocycles. The van der Waals surface area contributed by atoms with Crippen molar-refractivity contribution in [3.63, 3.8) is 0 Å². The molecular weight excluding hydrogens is 472 g/mol. The fourth-order valence-corrected chi connectivity index (χ4v) is 4.77. The third-order valence-corrected chi connectivity index (χ3v) is 7.08. The van der Waals surface area contributed by atoms with Gasteiger partial charge in [0.15, 0.2) is 5.11 Å². The molecule has 0 bridgehead atoms. The van der Waals surface area contributed by atoms with Gasteiger partial charge in [-0.15, -0.1) is 0 Å². The maximum Gasteiger partial charge on any atom is 0.264 e. The number of rotatable bonds is 8. The van der Waals surface area contributed by atoms with E-state index in [0.29, 0.717) is 17.9 Å². The Kier molecular flexibility index (Phi) is 7.35. The molecule has 0 amide bonds. The van der Waals surface area contributed by atoms with Crippen LogP contribution in [0.1, 0.15) is 6.92 Å². The number of nitrogens with one attached hydrogen (secondary N) is 4. The molecule has 168 valence electrons. The summed E-state index contributed by atoms with van der Waals surface area (Å²) < 4.78 is 53.5. The van der Waals surface area contributed by atoms with Crippen LogP contribution < -0.4 is 20.1 Å². The summed E-state index contributed by atoms with van der Waals surface area (Å²) in [6, 6.07) is 13.6. The maximum atomic E-state index is 12.4. The van der Waals surface area contributed by atoms with Crippen LogP contribution in [0.5, 0.6) is 0 Å². The second-order valence-electron chi connectivity index (χ2n) is 6.31. The van der Waals surface area contributed by atoms with E-state index in [-0.39, 0.29) is 20.9 Å². The lowest BCUT2D eigenvalue weighted by Gasteiger charge is -2.12. The molecule has 0 atom stereocenters. The van der Waals surface area contributed by atoms with Gasteiger partial charge in [0.1, 0.15) is 0 Å². The predicted octanol–water partition coefficient (Wildman–Crippen LogP) is 2.38. The van der Waals surface area contributed by atoms with Crippen LogP contribution in [0.4, 0.5) is 17.3 Å². The minimum Gasteiger partial charge on any atom is -0.332 e. The van der Waals surface area contributed by atoms with Crippen LogP contribution in [0.3, 0.4) is 0 Å². The van der Waals surface area contributed by atoms with E-state index in [1.807, 2.05) is 0 Å². The van der Waals surface area contributed by atoms with Crippen LogP contribution in [0.15, 0.2) is 76.8 Å². The molecule has 32 heavy (non-hydrogen) atoms. The average Bonchev–Trinajstić information content (AvgIpc) is 2.75. The molecule has 13 heteroatoms. The van der Waals surface area contributed by atoms with Gasteiger partial charge in [-0.2, -0.15) is 0 Å². The smallest absolute Gasteiger partial charge is 0.264 e. The molecule has 0 unspecified atom stereocenters. The van der Waals surface area contributed by atoms with Crippen LogP contribution in [-0.4, -0.2) is 38.5 Å². The van der Waals surface area contributed by atoms with Crippen LogP contribution in [0.2, 0.25) is 0 Å². The Morgan fingerprint density at radius 1 is 0.812 bits per heavy atom. The van der Waals surface area contributed by atoms with E-state index < -0.39 is 20.0 Å². The number of sulfonamides is 2. The minimum absolute atomic E-state index is 0.0237. The normalized spacial score (nSPS) is 11.5. The van der Waals surface area contributed by atoms with Crippen LogP contribution in [-0.2, 0) is 20.0 Å². The fourth-order valence-electron chi connectivity index (χ4n) is 2.53. The van der Waals surface area contributed by atoms with Gasteiger partial charge in [-0.1, -0.05) is 6.92 Å². The van der Waals surface area contributed by atoms with Gasteiger partial charge in [-0.05, 0) is 66.8 Å². The lowest BCUT2D eigenvalue weighted by molar-refractivity contribution is 0.584. The van der Waals surface area contributed by atoms with Gasteiger partial charge >= 0.3 is 0 Å². The topological polar surface area (TPSA) is 142 Å². The van der Waals surface area contributed by atoms with Crippen molar-refractivity contribution >= 4 is 54.7 Å². The lowest BCUT2D eigenvalue weighted by Crippen LogP contribution is -2.23. The van der Waals surface area contributed by atoms with Gasteiger partial charge in [0, 0.05) is 30.3 Å². The second-order valence-corrected chi connectivity index (χ2v) is 10.2. The van der Waals surface area contributed by atoms with E-state index in [0.717, 1.165) is 0 Å². The first-order valence-electron chi connectivity index (χ1n) is 9.27. The highest BCUT2D eigenvalue weighted by molar-refractivity contribution is 7.92. The van der Waals surface area contributed by atoms with Gasteiger partial charge in [-0.25, -0.2) is 36.2 Å². The zero-order chi connectivity index (χ0) is 23.2. The summed E-state index contributed by atoms with van der Waals surface area (Å²) in [5, 5.41) is 6.12. The highest BCUT2D eigenvalue weighted by atomic mass is 32.2. The van der Waals surface area contributed by atoms with Gasteiger partial charge in [-0.3, -0.25) is 0 Å². The first-order valence-corrected chi connectivity index (χ1v) is 12.6. The Morgan fingerprint density at radius 2 is 1.28 bits per heavy atom. The van der Waals surface area contributed by atoms with Crippen molar-refractivity contribution in [3.8, 4) is 0 Å². The van der Waals surface area contributed by atoms with Gasteiger partial charge in [0.2, 0.25) is 16.0 Å². The van der Waals surface area contributed by atoms with Crippen molar-refractivity contribution in [3.05, 3.63) is 67.0 Å². The number of thiocarbonyl (C=S) groups is 1. The van der Waals surface area contributed by atoms with Gasteiger partial charge < -0.3 is 10.6 Å². The summed E-state index contributed by atoms with van der Waals surface area (Å²) in [6.45, 7) is 2.00. The van der Waals surface area contributed by atoms with E-state index >= 15 is 0 Å². The summed E-state index contributed by atoms with van der Waals surface area (Å²) in [5.41, 5.74) is 1.15. The van der Waals surface area contributed by atoms with Crippen molar-refractivity contribution in [1.82, 2.24) is 14.7 Å². The molecule has 1 heterocycles. The molecule has 3 aromatic rings. The summed E-state index contributed by atoms with van der Waals surface area (Å²) >= 11 is 5.26. The third kappa shape index (κ3) is 6.20. The molecule has 4 N–H and O–H groups in total. The maximum absolute atomic E-state index is 12.4. The summed E-state index contributed by atoms with van der Waals surface area (Å²) in [4.78, 5) is 7.86. The SMILES string of the molecule is CCNS(=O)(=O)c1ccc(NC(=S)Nc2ccc(S(=O)(=O)Nc3ncccn3)cc2)cc1. The largest absolute Gasteiger partial charge is 0.332 e. The highest BCUT2D eigenvalue weighted by Gasteiger charge is 2.15. The molecule has 0 saturated heterocycles. The number of aromatic nitrogens is 2. The molecule has 0 aliphatic rings. The monoisotopic (exact) mass is 492 g/mol. The first-order chi connectivity index (χ1) is 15.2. The zero-order valence-corrected chi connectivity index (χ0v) is 19.3. The molecule has 0 radical (unpaired) electrons. The molecule has 1 aromatic heterocycles. The van der Waals surface area contributed by atoms with Crippen LogP contribution >= 0.6 is 12.2 Å². The molecule has 2 aromatic carbocycles. The molecule has 0 saturated carbocycles. The quantitative estimate of drug-likeness (QED) is 0.349. The standard InChI is InChI=1S/C19H20N6O4S3/c1-2-22-31(26,27)16-8-4-14(5-9-16)23-19(30)24-15-6-10-17(11-7-15)32(28,29)25-18-20-12-3-13-21-18/h3-13,22H,2H2,1H3,(H,20,21,25)(H2,23,24,30). The van der Waals surface area contributed by atoms with Crippen molar-refractivity contribution in [2.45, 2.75) is 16.7 Å². The lowest BCUT2D eigenvalue weighted by atomic mass is 10.3. The predicted molar refractivity (Wildman–Crippen MR) is 126 cm³/mol. The number of anilines is 3. The Hall–Kier alpha value is -3.13. The van der Waals surface area contributed by atoms with Crippen molar-refractivity contribution in [2.75, 3.05) is 21.9 Å². The van der Waals surface area contributed by atoms with Crippen LogP contribution in [0.25, 0.3) is 0 Å². The number of hydrogen-bond donors (Lipinski definition) is 4. The van der Waals surface area contributed by atoms with Crippen molar-refractivity contribution < 1.29 is 16.8 Å². The average molecular weight is 493 g/mol. The second kappa shape index (κ2) is 9.99. The molecule has 0 fully saturated rings. The molecule has 10 nitrogen and oxygen atoms in total. The van der Waals surface area contributed by atoms with E-state index in [2.05, 4.69) is 30.0 Å². The third-order valence-electron chi connectivity index (χ3n) is 3.97. The summed E-state index contributed by atoms with van der Waals surface area (Å²) in [7, 11) is -7.36. The van der Waals surface area contributed by atoms with Crippen LogP contribution in [0, 0.1) is 0 Å². The Morgan fingerprint density at radius 3 is 1.75 bits per heavy atom. The molecule has 0 spiro atoms. The number of nitrogens with zero attached hydrogens (tertiary/aromatic N) is 2.